The van der Waals surface area contributed by atoms with E-state index in [1.165, 1.54) is 17.8 Å². The average molecular weight is 363 g/mol. The summed E-state index contributed by atoms with van der Waals surface area (Å²) in [6.07, 6.45) is 2.46. The van der Waals surface area contributed by atoms with Gasteiger partial charge in [-0.05, 0) is 43.7 Å². The molecule has 0 saturated carbocycles. The van der Waals surface area contributed by atoms with Crippen LogP contribution in [0.4, 0.5) is 0 Å². The number of fused-ring (bicyclic) bond motifs is 1. The SMILES string of the molecule is Brc1ccc2oc(-c3csc(C4CCCNC4)n3)cc2c1. The van der Waals surface area contributed by atoms with Crippen LogP contribution in [0.5, 0.6) is 0 Å². The van der Waals surface area contributed by atoms with Crippen LogP contribution in [0.15, 0.2) is 38.5 Å². The summed E-state index contributed by atoms with van der Waals surface area (Å²) in [4.78, 5) is 4.79. The summed E-state index contributed by atoms with van der Waals surface area (Å²) in [5, 5.41) is 7.88. The molecule has 0 amide bonds. The molecule has 1 aromatic carbocycles. The second kappa shape index (κ2) is 5.55. The lowest BCUT2D eigenvalue weighted by atomic mass is 10.0. The predicted octanol–water partition coefficient (Wildman–Crippen LogP) is 4.79. The molecule has 21 heavy (non-hydrogen) atoms. The van der Waals surface area contributed by atoms with Crippen LogP contribution >= 0.6 is 27.3 Å². The zero-order valence-corrected chi connectivity index (χ0v) is 13.8. The van der Waals surface area contributed by atoms with Gasteiger partial charge in [-0.25, -0.2) is 4.98 Å². The lowest BCUT2D eigenvalue weighted by Crippen LogP contribution is -2.28. The van der Waals surface area contributed by atoms with Gasteiger partial charge in [0.05, 0.1) is 5.01 Å². The van der Waals surface area contributed by atoms with E-state index < -0.39 is 0 Å². The molecule has 3 nitrogen and oxygen atoms in total. The molecule has 0 aliphatic carbocycles. The first-order valence-corrected chi connectivity index (χ1v) is 8.82. The van der Waals surface area contributed by atoms with Gasteiger partial charge >= 0.3 is 0 Å². The molecule has 5 heteroatoms. The Kier molecular flexibility index (Phi) is 3.57. The molecule has 1 N–H and O–H groups in total. The Morgan fingerprint density at radius 1 is 1.33 bits per heavy atom. The molecule has 3 heterocycles. The number of furan rings is 1. The highest BCUT2D eigenvalue weighted by atomic mass is 79.9. The number of thiazole rings is 1. The second-order valence-corrected chi connectivity index (χ2v) is 7.21. The minimum atomic E-state index is 0.552. The summed E-state index contributed by atoms with van der Waals surface area (Å²) in [5.74, 6) is 1.41. The van der Waals surface area contributed by atoms with E-state index in [0.717, 1.165) is 40.0 Å². The van der Waals surface area contributed by atoms with Gasteiger partial charge in [0.25, 0.3) is 0 Å². The van der Waals surface area contributed by atoms with E-state index in [4.69, 9.17) is 9.40 Å². The third-order valence-electron chi connectivity index (χ3n) is 3.90. The van der Waals surface area contributed by atoms with E-state index in [1.54, 1.807) is 11.3 Å². The Morgan fingerprint density at radius 3 is 3.14 bits per heavy atom. The van der Waals surface area contributed by atoms with Gasteiger partial charge in [-0.2, -0.15) is 0 Å². The van der Waals surface area contributed by atoms with Crippen molar-refractivity contribution in [3.05, 3.63) is 39.1 Å². The molecular formula is C16H15BrN2OS. The Labute approximate surface area is 135 Å². The summed E-state index contributed by atoms with van der Waals surface area (Å²) in [7, 11) is 0. The minimum absolute atomic E-state index is 0.552. The Morgan fingerprint density at radius 2 is 2.29 bits per heavy atom. The third-order valence-corrected chi connectivity index (χ3v) is 5.40. The van der Waals surface area contributed by atoms with Crippen LogP contribution in [0.3, 0.4) is 0 Å². The summed E-state index contributed by atoms with van der Waals surface area (Å²) in [5.41, 5.74) is 1.86. The van der Waals surface area contributed by atoms with Crippen molar-refractivity contribution in [2.24, 2.45) is 0 Å². The van der Waals surface area contributed by atoms with E-state index in [0.29, 0.717) is 5.92 Å². The van der Waals surface area contributed by atoms with Crippen molar-refractivity contribution < 1.29 is 4.42 Å². The van der Waals surface area contributed by atoms with E-state index in [2.05, 4.69) is 38.8 Å². The number of hydrogen-bond donors (Lipinski definition) is 1. The minimum Gasteiger partial charge on any atom is -0.454 e. The molecule has 1 aliphatic heterocycles. The monoisotopic (exact) mass is 362 g/mol. The molecule has 1 atom stereocenters. The number of aromatic nitrogens is 1. The Bertz CT molecular complexity index is 774. The smallest absolute Gasteiger partial charge is 0.154 e. The van der Waals surface area contributed by atoms with Gasteiger partial charge in [0.15, 0.2) is 5.76 Å². The lowest BCUT2D eigenvalue weighted by Gasteiger charge is -2.20. The first kappa shape index (κ1) is 13.5. The second-order valence-electron chi connectivity index (χ2n) is 5.41. The zero-order chi connectivity index (χ0) is 14.2. The van der Waals surface area contributed by atoms with E-state index >= 15 is 0 Å². The Hall–Kier alpha value is -1.17. The van der Waals surface area contributed by atoms with Gasteiger partial charge < -0.3 is 9.73 Å². The molecule has 0 bridgehead atoms. The maximum absolute atomic E-state index is 5.92. The Balaban J connectivity index is 1.67. The van der Waals surface area contributed by atoms with E-state index in [-0.39, 0.29) is 0 Å². The molecule has 2 aromatic heterocycles. The van der Waals surface area contributed by atoms with Crippen LogP contribution in [-0.2, 0) is 0 Å². The largest absolute Gasteiger partial charge is 0.454 e. The molecule has 1 fully saturated rings. The van der Waals surface area contributed by atoms with Crippen LogP contribution in [0.2, 0.25) is 0 Å². The molecule has 1 unspecified atom stereocenters. The van der Waals surface area contributed by atoms with Gasteiger partial charge in [0, 0.05) is 27.7 Å². The van der Waals surface area contributed by atoms with Crippen molar-refractivity contribution in [1.82, 2.24) is 10.3 Å². The molecule has 1 aliphatic rings. The summed E-state index contributed by atoms with van der Waals surface area (Å²) >= 11 is 5.24. The van der Waals surface area contributed by atoms with Crippen molar-refractivity contribution >= 4 is 38.2 Å². The fourth-order valence-corrected chi connectivity index (χ4v) is 4.12. The standard InChI is InChI=1S/C16H15BrN2OS/c17-12-3-4-14-11(6-12)7-15(20-14)13-9-21-16(19-13)10-2-1-5-18-8-10/h3-4,6-7,9-10,18H,1-2,5,8H2. The fourth-order valence-electron chi connectivity index (χ4n) is 2.79. The quantitative estimate of drug-likeness (QED) is 0.712. The molecule has 3 aromatic rings. The van der Waals surface area contributed by atoms with Crippen LogP contribution in [-0.4, -0.2) is 18.1 Å². The highest BCUT2D eigenvalue weighted by Crippen LogP contribution is 2.33. The van der Waals surface area contributed by atoms with Crippen LogP contribution in [0.25, 0.3) is 22.4 Å². The van der Waals surface area contributed by atoms with Crippen molar-refractivity contribution in [1.29, 1.82) is 0 Å². The van der Waals surface area contributed by atoms with Crippen molar-refractivity contribution in [3.8, 4) is 11.5 Å². The fraction of sp³-hybridized carbons (Fsp3) is 0.312. The van der Waals surface area contributed by atoms with Gasteiger partial charge in [0.1, 0.15) is 11.3 Å². The van der Waals surface area contributed by atoms with Gasteiger partial charge in [-0.1, -0.05) is 15.9 Å². The number of piperidine rings is 1. The highest BCUT2D eigenvalue weighted by Gasteiger charge is 2.19. The maximum Gasteiger partial charge on any atom is 0.154 e. The van der Waals surface area contributed by atoms with Crippen molar-refractivity contribution in [2.45, 2.75) is 18.8 Å². The first-order valence-electron chi connectivity index (χ1n) is 7.15. The van der Waals surface area contributed by atoms with Crippen LogP contribution in [0, 0.1) is 0 Å². The first-order chi connectivity index (χ1) is 10.3. The maximum atomic E-state index is 5.92. The summed E-state index contributed by atoms with van der Waals surface area (Å²) < 4.78 is 6.98. The molecule has 108 valence electrons. The van der Waals surface area contributed by atoms with Crippen molar-refractivity contribution in [3.63, 3.8) is 0 Å². The number of benzene rings is 1. The average Bonchev–Trinajstić information content (AvgIpc) is 3.14. The molecule has 1 saturated heterocycles. The third kappa shape index (κ3) is 2.65. The summed E-state index contributed by atoms with van der Waals surface area (Å²) in [6.45, 7) is 2.17. The van der Waals surface area contributed by atoms with Gasteiger partial charge in [0.2, 0.25) is 0 Å². The molecule has 0 spiro atoms. The zero-order valence-electron chi connectivity index (χ0n) is 11.4. The van der Waals surface area contributed by atoms with E-state index in [9.17, 15) is 0 Å². The number of halogens is 1. The van der Waals surface area contributed by atoms with E-state index in [1.807, 2.05) is 12.1 Å². The number of rotatable bonds is 2. The highest BCUT2D eigenvalue weighted by molar-refractivity contribution is 9.10. The number of nitrogens with one attached hydrogen (secondary N) is 1. The topological polar surface area (TPSA) is 38.1 Å². The number of hydrogen-bond acceptors (Lipinski definition) is 4. The van der Waals surface area contributed by atoms with Crippen LogP contribution < -0.4 is 5.32 Å². The summed E-state index contributed by atoms with van der Waals surface area (Å²) in [6, 6.07) is 8.12. The molecule has 4 rings (SSSR count). The lowest BCUT2D eigenvalue weighted by molar-refractivity contribution is 0.460. The molecular weight excluding hydrogens is 348 g/mol. The van der Waals surface area contributed by atoms with Gasteiger partial charge in [-0.15, -0.1) is 11.3 Å². The van der Waals surface area contributed by atoms with Crippen molar-refractivity contribution in [2.75, 3.05) is 13.1 Å². The normalized spacial score (nSPS) is 19.2. The molecule has 0 radical (unpaired) electrons. The van der Waals surface area contributed by atoms with Crippen LogP contribution in [0.1, 0.15) is 23.8 Å². The predicted molar refractivity (Wildman–Crippen MR) is 89.9 cm³/mol. The van der Waals surface area contributed by atoms with Gasteiger partial charge in [-0.3, -0.25) is 0 Å². The number of nitrogens with zero attached hydrogens (tertiary/aromatic N) is 1.